The average Bonchev–Trinajstić information content (AvgIpc) is 2.86. The molecule has 0 atom stereocenters. The number of methoxy groups -OCH3 is 1. The van der Waals surface area contributed by atoms with E-state index in [4.69, 9.17) is 9.47 Å². The highest BCUT2D eigenvalue weighted by Crippen LogP contribution is 2.37. The van der Waals surface area contributed by atoms with Gasteiger partial charge in [0.25, 0.3) is 0 Å². The van der Waals surface area contributed by atoms with Crippen molar-refractivity contribution in [1.82, 2.24) is 0 Å². The molecule has 3 aromatic rings. The Labute approximate surface area is 122 Å². The Balaban J connectivity index is 1.91. The van der Waals surface area contributed by atoms with Gasteiger partial charge in [0.15, 0.2) is 11.5 Å². The van der Waals surface area contributed by atoms with Gasteiger partial charge in [-0.05, 0) is 34.9 Å². The first kappa shape index (κ1) is 13.0. The van der Waals surface area contributed by atoms with Gasteiger partial charge in [-0.2, -0.15) is 0 Å². The second-order valence-electron chi connectivity index (χ2n) is 4.69. The van der Waals surface area contributed by atoms with E-state index in [9.17, 15) is 0 Å². The molecule has 1 aromatic heterocycles. The predicted octanol–water partition coefficient (Wildman–Crippen LogP) is 4.80. The van der Waals surface area contributed by atoms with Gasteiger partial charge in [-0.1, -0.05) is 30.3 Å². The summed E-state index contributed by atoms with van der Waals surface area (Å²) in [6, 6.07) is 14.3. The molecule has 0 bridgehead atoms. The number of rotatable bonds is 4. The topological polar surface area (TPSA) is 18.5 Å². The van der Waals surface area contributed by atoms with Crippen molar-refractivity contribution < 1.29 is 9.47 Å². The third-order valence-corrected chi connectivity index (χ3v) is 4.35. The summed E-state index contributed by atoms with van der Waals surface area (Å²) >= 11 is 1.73. The van der Waals surface area contributed by atoms with Crippen molar-refractivity contribution in [1.29, 1.82) is 0 Å². The molecular formula is C17H16O2S. The van der Waals surface area contributed by atoms with Crippen LogP contribution < -0.4 is 9.47 Å². The Morgan fingerprint density at radius 3 is 2.60 bits per heavy atom. The SMILES string of the molecule is COc1cc2scc(C)c2cc1OCc1ccccc1. The van der Waals surface area contributed by atoms with Crippen molar-refractivity contribution in [3.8, 4) is 11.5 Å². The molecule has 0 radical (unpaired) electrons. The highest BCUT2D eigenvalue weighted by molar-refractivity contribution is 7.17. The Kier molecular flexibility index (Phi) is 3.61. The van der Waals surface area contributed by atoms with Crippen molar-refractivity contribution in [2.75, 3.05) is 7.11 Å². The molecule has 102 valence electrons. The van der Waals surface area contributed by atoms with Crippen LogP contribution in [0.4, 0.5) is 0 Å². The van der Waals surface area contributed by atoms with Crippen LogP contribution in [0.3, 0.4) is 0 Å². The van der Waals surface area contributed by atoms with Crippen molar-refractivity contribution in [2.45, 2.75) is 13.5 Å². The Hall–Kier alpha value is -2.00. The van der Waals surface area contributed by atoms with Gasteiger partial charge in [0.1, 0.15) is 6.61 Å². The van der Waals surface area contributed by atoms with Crippen LogP contribution in [-0.4, -0.2) is 7.11 Å². The average molecular weight is 284 g/mol. The third-order valence-electron chi connectivity index (χ3n) is 3.29. The molecule has 0 aliphatic heterocycles. The Morgan fingerprint density at radius 1 is 1.05 bits per heavy atom. The predicted molar refractivity (Wildman–Crippen MR) is 83.9 cm³/mol. The number of fused-ring (bicyclic) bond motifs is 1. The highest BCUT2D eigenvalue weighted by atomic mass is 32.1. The number of benzene rings is 2. The molecule has 0 aliphatic carbocycles. The Bertz CT molecular complexity index is 716. The largest absolute Gasteiger partial charge is 0.493 e. The summed E-state index contributed by atoms with van der Waals surface area (Å²) in [5.74, 6) is 1.58. The van der Waals surface area contributed by atoms with Crippen LogP contribution in [0.1, 0.15) is 11.1 Å². The Morgan fingerprint density at radius 2 is 1.85 bits per heavy atom. The number of ether oxygens (including phenoxy) is 2. The first-order valence-corrected chi connectivity index (χ1v) is 7.38. The van der Waals surface area contributed by atoms with E-state index in [0.29, 0.717) is 6.61 Å². The summed E-state index contributed by atoms with van der Waals surface area (Å²) in [7, 11) is 1.68. The molecule has 0 N–H and O–H groups in total. The summed E-state index contributed by atoms with van der Waals surface area (Å²) in [5, 5.41) is 3.39. The third kappa shape index (κ3) is 2.49. The molecule has 0 aliphatic rings. The van der Waals surface area contributed by atoms with Gasteiger partial charge in [-0.3, -0.25) is 0 Å². The molecule has 20 heavy (non-hydrogen) atoms. The van der Waals surface area contributed by atoms with Crippen LogP contribution in [-0.2, 0) is 6.61 Å². The zero-order chi connectivity index (χ0) is 13.9. The fourth-order valence-corrected chi connectivity index (χ4v) is 3.12. The van der Waals surface area contributed by atoms with Crippen LogP contribution in [0.5, 0.6) is 11.5 Å². The number of hydrogen-bond donors (Lipinski definition) is 0. The minimum Gasteiger partial charge on any atom is -0.493 e. The van der Waals surface area contributed by atoms with E-state index in [1.165, 1.54) is 15.6 Å². The molecule has 0 saturated carbocycles. The lowest BCUT2D eigenvalue weighted by Crippen LogP contribution is -1.97. The second kappa shape index (κ2) is 5.55. The minimum atomic E-state index is 0.548. The monoisotopic (exact) mass is 284 g/mol. The summed E-state index contributed by atoms with van der Waals surface area (Å²) in [4.78, 5) is 0. The highest BCUT2D eigenvalue weighted by Gasteiger charge is 2.10. The molecule has 0 amide bonds. The van der Waals surface area contributed by atoms with Crippen molar-refractivity contribution in [3.63, 3.8) is 0 Å². The molecule has 0 fully saturated rings. The number of aryl methyl sites for hydroxylation is 1. The van der Waals surface area contributed by atoms with Crippen LogP contribution >= 0.6 is 11.3 Å². The molecule has 3 rings (SSSR count). The lowest BCUT2D eigenvalue weighted by molar-refractivity contribution is 0.285. The van der Waals surface area contributed by atoms with Crippen LogP contribution in [0.25, 0.3) is 10.1 Å². The summed E-state index contributed by atoms with van der Waals surface area (Å²) < 4.78 is 12.6. The molecule has 3 heteroatoms. The number of thiophene rings is 1. The fraction of sp³-hybridized carbons (Fsp3) is 0.176. The maximum Gasteiger partial charge on any atom is 0.162 e. The van der Waals surface area contributed by atoms with Crippen LogP contribution in [0.2, 0.25) is 0 Å². The molecule has 0 unspecified atom stereocenters. The summed E-state index contributed by atoms with van der Waals surface area (Å²) in [6.45, 7) is 2.66. The minimum absolute atomic E-state index is 0.548. The molecule has 1 heterocycles. The quantitative estimate of drug-likeness (QED) is 0.685. The van der Waals surface area contributed by atoms with E-state index in [-0.39, 0.29) is 0 Å². The van der Waals surface area contributed by atoms with Gasteiger partial charge in [0.2, 0.25) is 0 Å². The van der Waals surface area contributed by atoms with E-state index in [0.717, 1.165) is 17.1 Å². The van der Waals surface area contributed by atoms with E-state index < -0.39 is 0 Å². The lowest BCUT2D eigenvalue weighted by Gasteiger charge is -2.11. The van der Waals surface area contributed by atoms with Crippen molar-refractivity contribution in [3.05, 3.63) is 59.0 Å². The van der Waals surface area contributed by atoms with Gasteiger partial charge in [-0.25, -0.2) is 0 Å². The van der Waals surface area contributed by atoms with E-state index in [1.807, 2.05) is 24.3 Å². The summed E-state index contributed by atoms with van der Waals surface area (Å²) in [6.07, 6.45) is 0. The van der Waals surface area contributed by atoms with E-state index in [1.54, 1.807) is 18.4 Å². The van der Waals surface area contributed by atoms with Gasteiger partial charge >= 0.3 is 0 Å². The zero-order valence-electron chi connectivity index (χ0n) is 11.6. The fourth-order valence-electron chi connectivity index (χ4n) is 2.17. The molecule has 2 aromatic carbocycles. The molecule has 0 spiro atoms. The second-order valence-corrected chi connectivity index (χ2v) is 5.60. The van der Waals surface area contributed by atoms with Crippen LogP contribution in [0.15, 0.2) is 47.8 Å². The first-order chi connectivity index (χ1) is 9.78. The smallest absolute Gasteiger partial charge is 0.162 e. The first-order valence-electron chi connectivity index (χ1n) is 6.50. The molecular weight excluding hydrogens is 268 g/mol. The standard InChI is InChI=1S/C17H16O2S/c1-12-11-20-17-9-15(18-2)16(8-14(12)17)19-10-13-6-4-3-5-7-13/h3-9,11H,10H2,1-2H3. The maximum atomic E-state index is 5.93. The van der Waals surface area contributed by atoms with Gasteiger partial charge in [-0.15, -0.1) is 11.3 Å². The lowest BCUT2D eigenvalue weighted by atomic mass is 10.2. The van der Waals surface area contributed by atoms with Gasteiger partial charge < -0.3 is 9.47 Å². The molecule has 2 nitrogen and oxygen atoms in total. The van der Waals surface area contributed by atoms with Crippen molar-refractivity contribution >= 4 is 21.4 Å². The van der Waals surface area contributed by atoms with Gasteiger partial charge in [0.05, 0.1) is 7.11 Å². The molecule has 0 saturated heterocycles. The van der Waals surface area contributed by atoms with E-state index in [2.05, 4.69) is 30.5 Å². The zero-order valence-corrected chi connectivity index (χ0v) is 12.4. The number of hydrogen-bond acceptors (Lipinski definition) is 3. The maximum absolute atomic E-state index is 5.93. The van der Waals surface area contributed by atoms with E-state index >= 15 is 0 Å². The van der Waals surface area contributed by atoms with Crippen molar-refractivity contribution in [2.24, 2.45) is 0 Å². The van der Waals surface area contributed by atoms with Gasteiger partial charge in [0, 0.05) is 10.8 Å². The normalized spacial score (nSPS) is 10.7. The summed E-state index contributed by atoms with van der Waals surface area (Å²) in [5.41, 5.74) is 2.42. The van der Waals surface area contributed by atoms with Crippen LogP contribution in [0, 0.1) is 6.92 Å².